The molecule has 0 saturated heterocycles. The van der Waals surface area contributed by atoms with Gasteiger partial charge in [-0.05, 0) is 37.1 Å². The van der Waals surface area contributed by atoms with E-state index in [-0.39, 0.29) is 30.2 Å². The third-order valence-electron chi connectivity index (χ3n) is 4.47. The summed E-state index contributed by atoms with van der Waals surface area (Å²) in [5, 5.41) is 5.69. The molecule has 1 aliphatic rings. The Labute approximate surface area is 146 Å². The van der Waals surface area contributed by atoms with Gasteiger partial charge in [-0.25, -0.2) is 4.39 Å². The number of hydrogen-bond donors (Lipinski definition) is 2. The summed E-state index contributed by atoms with van der Waals surface area (Å²) in [5.41, 5.74) is 1.27. The summed E-state index contributed by atoms with van der Waals surface area (Å²) >= 11 is 0. The second-order valence-corrected chi connectivity index (χ2v) is 6.31. The molecule has 0 unspecified atom stereocenters. The fourth-order valence-corrected chi connectivity index (χ4v) is 3.06. The van der Waals surface area contributed by atoms with Crippen LogP contribution in [0.3, 0.4) is 0 Å². The minimum Gasteiger partial charge on any atom is -0.349 e. The van der Waals surface area contributed by atoms with Crippen LogP contribution >= 0.6 is 0 Å². The SMILES string of the molecule is O=C(NCc1ccccc1F)c1cccc(C(=O)NC2CCCC2)c1. The third kappa shape index (κ3) is 4.44. The van der Waals surface area contributed by atoms with Crippen LogP contribution in [0.15, 0.2) is 48.5 Å². The van der Waals surface area contributed by atoms with Gasteiger partial charge in [-0.1, -0.05) is 37.1 Å². The lowest BCUT2D eigenvalue weighted by atomic mass is 10.1. The second kappa shape index (κ2) is 7.92. The van der Waals surface area contributed by atoms with Crippen molar-refractivity contribution in [2.45, 2.75) is 38.3 Å². The maximum atomic E-state index is 13.6. The molecule has 3 rings (SSSR count). The molecule has 2 aromatic rings. The summed E-state index contributed by atoms with van der Waals surface area (Å²) in [6, 6.07) is 13.1. The van der Waals surface area contributed by atoms with Gasteiger partial charge in [0.25, 0.3) is 11.8 Å². The fourth-order valence-electron chi connectivity index (χ4n) is 3.06. The summed E-state index contributed by atoms with van der Waals surface area (Å²) < 4.78 is 13.6. The van der Waals surface area contributed by atoms with Crippen LogP contribution in [0.5, 0.6) is 0 Å². The summed E-state index contributed by atoms with van der Waals surface area (Å²) in [6.07, 6.45) is 4.30. The molecule has 1 saturated carbocycles. The van der Waals surface area contributed by atoms with Gasteiger partial charge in [-0.15, -0.1) is 0 Å². The van der Waals surface area contributed by atoms with Crippen molar-refractivity contribution in [3.63, 3.8) is 0 Å². The van der Waals surface area contributed by atoms with Gasteiger partial charge in [-0.2, -0.15) is 0 Å². The van der Waals surface area contributed by atoms with Crippen molar-refractivity contribution in [1.82, 2.24) is 10.6 Å². The largest absolute Gasteiger partial charge is 0.349 e. The standard InChI is InChI=1S/C20H21FN2O2/c21-18-11-4-1-6-16(18)13-22-19(24)14-7-5-8-15(12-14)20(25)23-17-9-2-3-10-17/h1,4-8,11-12,17H,2-3,9-10,13H2,(H,22,24)(H,23,25). The lowest BCUT2D eigenvalue weighted by molar-refractivity contribution is 0.0938. The molecule has 25 heavy (non-hydrogen) atoms. The van der Waals surface area contributed by atoms with Crippen LogP contribution in [-0.2, 0) is 6.54 Å². The molecular formula is C20H21FN2O2. The van der Waals surface area contributed by atoms with Crippen LogP contribution < -0.4 is 10.6 Å². The Morgan fingerprint density at radius 3 is 2.36 bits per heavy atom. The van der Waals surface area contributed by atoms with E-state index in [9.17, 15) is 14.0 Å². The van der Waals surface area contributed by atoms with E-state index in [4.69, 9.17) is 0 Å². The number of carbonyl (C=O) groups is 2. The molecule has 4 nitrogen and oxygen atoms in total. The van der Waals surface area contributed by atoms with Crippen LogP contribution in [0.2, 0.25) is 0 Å². The average Bonchev–Trinajstić information content (AvgIpc) is 3.14. The first-order valence-corrected chi connectivity index (χ1v) is 8.56. The minimum atomic E-state index is -0.354. The van der Waals surface area contributed by atoms with Crippen LogP contribution in [0.4, 0.5) is 4.39 Å². The molecule has 0 atom stereocenters. The van der Waals surface area contributed by atoms with Crippen molar-refractivity contribution < 1.29 is 14.0 Å². The molecule has 2 amide bonds. The molecule has 2 aromatic carbocycles. The summed E-state index contributed by atoms with van der Waals surface area (Å²) in [7, 11) is 0. The van der Waals surface area contributed by atoms with Crippen LogP contribution in [0, 0.1) is 5.82 Å². The highest BCUT2D eigenvalue weighted by Crippen LogP contribution is 2.18. The van der Waals surface area contributed by atoms with E-state index in [1.807, 2.05) is 0 Å². The molecule has 0 spiro atoms. The minimum absolute atomic E-state index is 0.101. The van der Waals surface area contributed by atoms with Crippen molar-refractivity contribution in [2.24, 2.45) is 0 Å². The number of halogens is 1. The zero-order valence-corrected chi connectivity index (χ0v) is 13.9. The van der Waals surface area contributed by atoms with Gasteiger partial charge in [0, 0.05) is 29.3 Å². The number of carbonyl (C=O) groups excluding carboxylic acids is 2. The molecule has 2 N–H and O–H groups in total. The topological polar surface area (TPSA) is 58.2 Å². The predicted molar refractivity (Wildman–Crippen MR) is 93.7 cm³/mol. The summed E-state index contributed by atoms with van der Waals surface area (Å²) in [5.74, 6) is -0.845. The number of amides is 2. The molecule has 5 heteroatoms. The fraction of sp³-hybridized carbons (Fsp3) is 0.300. The smallest absolute Gasteiger partial charge is 0.251 e. The van der Waals surface area contributed by atoms with Crippen molar-refractivity contribution in [2.75, 3.05) is 0 Å². The van der Waals surface area contributed by atoms with E-state index in [2.05, 4.69) is 10.6 Å². The van der Waals surface area contributed by atoms with E-state index >= 15 is 0 Å². The van der Waals surface area contributed by atoms with Gasteiger partial charge >= 0.3 is 0 Å². The molecule has 1 fully saturated rings. The van der Waals surface area contributed by atoms with Gasteiger partial charge < -0.3 is 10.6 Å². The maximum Gasteiger partial charge on any atom is 0.251 e. The highest BCUT2D eigenvalue weighted by Gasteiger charge is 2.18. The lowest BCUT2D eigenvalue weighted by Gasteiger charge is -2.12. The maximum absolute atomic E-state index is 13.6. The van der Waals surface area contributed by atoms with E-state index in [1.54, 1.807) is 42.5 Å². The average molecular weight is 340 g/mol. The highest BCUT2D eigenvalue weighted by molar-refractivity contribution is 5.99. The quantitative estimate of drug-likeness (QED) is 0.876. The summed E-state index contributed by atoms with van der Waals surface area (Å²) in [6.45, 7) is 0.101. The van der Waals surface area contributed by atoms with Crippen molar-refractivity contribution in [3.05, 3.63) is 71.0 Å². The normalized spacial score (nSPS) is 14.3. The molecule has 0 aromatic heterocycles. The molecular weight excluding hydrogens is 319 g/mol. The van der Waals surface area contributed by atoms with Crippen molar-refractivity contribution in [3.8, 4) is 0 Å². The molecule has 0 heterocycles. The first-order chi connectivity index (χ1) is 12.1. The Bertz CT molecular complexity index is 770. The first kappa shape index (κ1) is 17.1. The van der Waals surface area contributed by atoms with E-state index in [1.165, 1.54) is 6.07 Å². The van der Waals surface area contributed by atoms with E-state index < -0.39 is 0 Å². The zero-order chi connectivity index (χ0) is 17.6. The molecule has 0 aliphatic heterocycles. The first-order valence-electron chi connectivity index (χ1n) is 8.56. The number of hydrogen-bond acceptors (Lipinski definition) is 2. The molecule has 0 radical (unpaired) electrons. The Hall–Kier alpha value is -2.69. The van der Waals surface area contributed by atoms with Gasteiger partial charge in [0.2, 0.25) is 0 Å². The number of benzene rings is 2. The Morgan fingerprint density at radius 1 is 0.960 bits per heavy atom. The summed E-state index contributed by atoms with van der Waals surface area (Å²) in [4.78, 5) is 24.6. The van der Waals surface area contributed by atoms with Crippen LogP contribution in [0.25, 0.3) is 0 Å². The van der Waals surface area contributed by atoms with E-state index in [0.29, 0.717) is 16.7 Å². The van der Waals surface area contributed by atoms with Crippen LogP contribution in [-0.4, -0.2) is 17.9 Å². The highest BCUT2D eigenvalue weighted by atomic mass is 19.1. The Balaban J connectivity index is 1.63. The Morgan fingerprint density at radius 2 is 1.64 bits per heavy atom. The van der Waals surface area contributed by atoms with Gasteiger partial charge in [0.05, 0.1) is 0 Å². The Kier molecular flexibility index (Phi) is 5.43. The molecule has 130 valence electrons. The predicted octanol–water partition coefficient (Wildman–Crippen LogP) is 3.43. The zero-order valence-electron chi connectivity index (χ0n) is 13.9. The van der Waals surface area contributed by atoms with Gasteiger partial charge in [0.1, 0.15) is 5.82 Å². The molecule has 1 aliphatic carbocycles. The van der Waals surface area contributed by atoms with Gasteiger partial charge in [-0.3, -0.25) is 9.59 Å². The van der Waals surface area contributed by atoms with E-state index in [0.717, 1.165) is 25.7 Å². The number of rotatable bonds is 5. The van der Waals surface area contributed by atoms with Gasteiger partial charge in [0.15, 0.2) is 0 Å². The third-order valence-corrected chi connectivity index (χ3v) is 4.47. The molecule has 0 bridgehead atoms. The van der Waals surface area contributed by atoms with Crippen molar-refractivity contribution >= 4 is 11.8 Å². The van der Waals surface area contributed by atoms with Crippen LogP contribution in [0.1, 0.15) is 52.0 Å². The monoisotopic (exact) mass is 340 g/mol. The second-order valence-electron chi connectivity index (χ2n) is 6.31. The van der Waals surface area contributed by atoms with Crippen molar-refractivity contribution in [1.29, 1.82) is 0 Å². The lowest BCUT2D eigenvalue weighted by Crippen LogP contribution is -2.32. The number of nitrogens with one attached hydrogen (secondary N) is 2.